The quantitative estimate of drug-likeness (QED) is 0.881. The van der Waals surface area contributed by atoms with E-state index >= 15 is 0 Å². The van der Waals surface area contributed by atoms with Crippen LogP contribution in [-0.2, 0) is 6.42 Å². The smallest absolute Gasteiger partial charge is 0.0441 e. The topological polar surface area (TPSA) is 12.0 Å². The van der Waals surface area contributed by atoms with Crippen LogP contribution in [0, 0.1) is 6.92 Å². The van der Waals surface area contributed by atoms with Crippen molar-refractivity contribution in [2.24, 2.45) is 0 Å². The maximum atomic E-state index is 6.37. The number of hydrogen-bond donors (Lipinski definition) is 1. The van der Waals surface area contributed by atoms with E-state index in [2.05, 4.69) is 60.9 Å². The molecule has 19 heavy (non-hydrogen) atoms. The second-order valence-corrected chi connectivity index (χ2v) is 7.85. The van der Waals surface area contributed by atoms with E-state index in [0.29, 0.717) is 11.3 Å². The van der Waals surface area contributed by atoms with Gasteiger partial charge in [0.05, 0.1) is 0 Å². The Balaban J connectivity index is 2.06. The van der Waals surface area contributed by atoms with Crippen molar-refractivity contribution in [3.05, 3.63) is 34.3 Å². The molecule has 0 spiro atoms. The number of aryl methyl sites for hydroxylation is 1. The Morgan fingerprint density at radius 2 is 2.26 bits per heavy atom. The van der Waals surface area contributed by atoms with E-state index in [4.69, 9.17) is 11.6 Å². The molecule has 1 nitrogen and oxygen atoms in total. The summed E-state index contributed by atoms with van der Waals surface area (Å²) in [5.41, 5.74) is 2.51. The van der Waals surface area contributed by atoms with Crippen molar-refractivity contribution in [3.63, 3.8) is 0 Å². The van der Waals surface area contributed by atoms with Gasteiger partial charge in [-0.05, 0) is 37.1 Å². The standard InChI is InChI=1S/C15H22ClNS2/c1-3-17-14(15-10-18-6-7-19-15)9-12-5-4-11(2)8-13(12)16/h4-5,8,14-15,17H,3,6-7,9-10H2,1-2H3. The summed E-state index contributed by atoms with van der Waals surface area (Å²) < 4.78 is 0. The van der Waals surface area contributed by atoms with Crippen LogP contribution in [0.2, 0.25) is 5.02 Å². The van der Waals surface area contributed by atoms with Gasteiger partial charge in [-0.25, -0.2) is 0 Å². The Bertz CT molecular complexity index is 405. The van der Waals surface area contributed by atoms with Crippen molar-refractivity contribution in [1.29, 1.82) is 0 Å². The molecule has 1 saturated heterocycles. The van der Waals surface area contributed by atoms with Gasteiger partial charge in [-0.2, -0.15) is 23.5 Å². The number of nitrogens with one attached hydrogen (secondary N) is 1. The fourth-order valence-electron chi connectivity index (χ4n) is 2.39. The normalized spacial score (nSPS) is 21.3. The van der Waals surface area contributed by atoms with Gasteiger partial charge in [0.25, 0.3) is 0 Å². The zero-order valence-electron chi connectivity index (χ0n) is 11.6. The maximum Gasteiger partial charge on any atom is 0.0441 e. The summed E-state index contributed by atoms with van der Waals surface area (Å²) in [5, 5.41) is 5.27. The lowest BCUT2D eigenvalue weighted by Gasteiger charge is -2.30. The van der Waals surface area contributed by atoms with Crippen LogP contribution < -0.4 is 5.32 Å². The van der Waals surface area contributed by atoms with E-state index in [1.165, 1.54) is 28.4 Å². The maximum absolute atomic E-state index is 6.37. The van der Waals surface area contributed by atoms with Crippen molar-refractivity contribution in [3.8, 4) is 0 Å². The highest BCUT2D eigenvalue weighted by atomic mass is 35.5. The molecule has 4 heteroatoms. The molecule has 1 aliphatic heterocycles. The molecule has 2 atom stereocenters. The Morgan fingerprint density at radius 3 is 2.89 bits per heavy atom. The number of halogens is 1. The average molecular weight is 316 g/mol. The summed E-state index contributed by atoms with van der Waals surface area (Å²) in [7, 11) is 0. The van der Waals surface area contributed by atoms with Crippen LogP contribution >= 0.6 is 35.1 Å². The van der Waals surface area contributed by atoms with E-state index in [1.54, 1.807) is 0 Å². The molecule has 0 radical (unpaired) electrons. The molecule has 0 aromatic heterocycles. The Labute approximate surface area is 130 Å². The predicted molar refractivity (Wildman–Crippen MR) is 90.9 cm³/mol. The summed E-state index contributed by atoms with van der Waals surface area (Å²) in [6.45, 7) is 5.30. The molecule has 0 bridgehead atoms. The minimum atomic E-state index is 0.531. The zero-order chi connectivity index (χ0) is 13.7. The number of rotatable bonds is 5. The first-order chi connectivity index (χ1) is 9.20. The van der Waals surface area contributed by atoms with Gasteiger partial charge in [0.2, 0.25) is 0 Å². The van der Waals surface area contributed by atoms with Crippen molar-refractivity contribution in [2.45, 2.75) is 31.6 Å². The molecule has 1 aromatic carbocycles. The summed E-state index contributed by atoms with van der Waals surface area (Å²) in [5.74, 6) is 3.83. The number of likely N-dealkylation sites (N-methyl/N-ethyl adjacent to an activating group) is 1. The van der Waals surface area contributed by atoms with Crippen LogP contribution in [0.5, 0.6) is 0 Å². The first kappa shape index (κ1) is 15.6. The monoisotopic (exact) mass is 315 g/mol. The third-order valence-electron chi connectivity index (χ3n) is 3.41. The van der Waals surface area contributed by atoms with Crippen molar-refractivity contribution >= 4 is 35.1 Å². The molecular weight excluding hydrogens is 294 g/mol. The molecule has 1 fully saturated rings. The predicted octanol–water partition coefficient (Wildman–Crippen LogP) is 4.02. The Morgan fingerprint density at radius 1 is 1.42 bits per heavy atom. The number of thioether (sulfide) groups is 2. The summed E-state index contributed by atoms with van der Waals surface area (Å²) >= 11 is 10.6. The molecule has 1 N–H and O–H groups in total. The largest absolute Gasteiger partial charge is 0.313 e. The van der Waals surface area contributed by atoms with Crippen LogP contribution in [0.1, 0.15) is 18.1 Å². The first-order valence-electron chi connectivity index (χ1n) is 6.88. The van der Waals surface area contributed by atoms with E-state index in [-0.39, 0.29) is 0 Å². The molecule has 0 amide bonds. The third kappa shape index (κ3) is 4.59. The molecule has 106 valence electrons. The number of hydrogen-bond acceptors (Lipinski definition) is 3. The molecule has 2 rings (SSSR count). The van der Waals surface area contributed by atoms with Crippen LogP contribution in [0.4, 0.5) is 0 Å². The van der Waals surface area contributed by atoms with Gasteiger partial charge in [0, 0.05) is 33.6 Å². The van der Waals surface area contributed by atoms with E-state index in [1.807, 2.05) is 0 Å². The lowest BCUT2D eigenvalue weighted by atomic mass is 10.0. The minimum Gasteiger partial charge on any atom is -0.313 e. The summed E-state index contributed by atoms with van der Waals surface area (Å²) in [6.07, 6.45) is 1.03. The highest BCUT2D eigenvalue weighted by Gasteiger charge is 2.24. The van der Waals surface area contributed by atoms with Crippen LogP contribution in [-0.4, -0.2) is 35.1 Å². The molecule has 1 aromatic rings. The van der Waals surface area contributed by atoms with Gasteiger partial charge in [-0.15, -0.1) is 0 Å². The second-order valence-electron chi connectivity index (χ2n) is 4.95. The fourth-order valence-corrected chi connectivity index (χ4v) is 5.59. The molecule has 1 aliphatic rings. The lowest BCUT2D eigenvalue weighted by molar-refractivity contribution is 0.522. The van der Waals surface area contributed by atoms with E-state index in [0.717, 1.165) is 18.0 Å². The summed E-state index contributed by atoms with van der Waals surface area (Å²) in [6, 6.07) is 6.95. The zero-order valence-corrected chi connectivity index (χ0v) is 14.0. The van der Waals surface area contributed by atoms with Crippen molar-refractivity contribution in [2.75, 3.05) is 23.8 Å². The molecule has 0 saturated carbocycles. The van der Waals surface area contributed by atoms with Gasteiger partial charge in [0.1, 0.15) is 0 Å². The van der Waals surface area contributed by atoms with Gasteiger partial charge in [-0.3, -0.25) is 0 Å². The van der Waals surface area contributed by atoms with Gasteiger partial charge in [0.15, 0.2) is 0 Å². The molecule has 2 unspecified atom stereocenters. The van der Waals surface area contributed by atoms with Crippen LogP contribution in [0.25, 0.3) is 0 Å². The Kier molecular flexibility index (Phi) is 6.40. The lowest BCUT2D eigenvalue weighted by Crippen LogP contribution is -2.42. The SMILES string of the molecule is CCNC(Cc1ccc(C)cc1Cl)C1CSCCS1. The Hall–Kier alpha value is 0.170. The van der Waals surface area contributed by atoms with Crippen molar-refractivity contribution < 1.29 is 0 Å². The van der Waals surface area contributed by atoms with Gasteiger partial charge in [-0.1, -0.05) is 30.7 Å². The van der Waals surface area contributed by atoms with Gasteiger partial charge >= 0.3 is 0 Å². The third-order valence-corrected chi connectivity index (χ3v) is 6.68. The molecular formula is C15H22ClNS2. The fraction of sp³-hybridized carbons (Fsp3) is 0.600. The summed E-state index contributed by atoms with van der Waals surface area (Å²) in [4.78, 5) is 0. The first-order valence-corrected chi connectivity index (χ1v) is 9.46. The van der Waals surface area contributed by atoms with Crippen LogP contribution in [0.3, 0.4) is 0 Å². The van der Waals surface area contributed by atoms with Crippen LogP contribution in [0.15, 0.2) is 18.2 Å². The van der Waals surface area contributed by atoms with Crippen molar-refractivity contribution in [1.82, 2.24) is 5.32 Å². The van der Waals surface area contributed by atoms with Gasteiger partial charge < -0.3 is 5.32 Å². The average Bonchev–Trinajstić information content (AvgIpc) is 2.42. The second kappa shape index (κ2) is 7.82. The number of benzene rings is 1. The van der Waals surface area contributed by atoms with E-state index in [9.17, 15) is 0 Å². The van der Waals surface area contributed by atoms with E-state index < -0.39 is 0 Å². The highest BCUT2D eigenvalue weighted by molar-refractivity contribution is 8.06. The molecule has 0 aliphatic carbocycles. The molecule has 1 heterocycles. The minimum absolute atomic E-state index is 0.531. The highest BCUT2D eigenvalue weighted by Crippen LogP contribution is 2.29.